The van der Waals surface area contributed by atoms with Gasteiger partial charge in [-0.25, -0.2) is 8.42 Å². The van der Waals surface area contributed by atoms with Gasteiger partial charge in [-0.05, 0) is 36.8 Å². The largest absolute Gasteiger partial charge is 0.495 e. The molecule has 9 heteroatoms. The second-order valence-electron chi connectivity index (χ2n) is 4.66. The first-order valence-electron chi connectivity index (χ1n) is 6.36. The van der Waals surface area contributed by atoms with Crippen molar-refractivity contribution in [1.29, 1.82) is 0 Å². The standard InChI is InChI=1S/C14H13ClN2O5S/c1-9-7-10(17(18)19)3-5-13(9)16-23(20,21)11-4-6-14(22-2)12(15)8-11/h3-8,16H,1-2H3. The average molecular weight is 357 g/mol. The number of anilines is 1. The minimum Gasteiger partial charge on any atom is -0.495 e. The van der Waals surface area contributed by atoms with Crippen molar-refractivity contribution >= 4 is 33.0 Å². The molecule has 0 bridgehead atoms. The molecule has 0 unspecified atom stereocenters. The molecule has 0 atom stereocenters. The quantitative estimate of drug-likeness (QED) is 0.654. The normalized spacial score (nSPS) is 11.1. The zero-order valence-corrected chi connectivity index (χ0v) is 13.8. The van der Waals surface area contributed by atoms with Crippen LogP contribution in [0.15, 0.2) is 41.3 Å². The Morgan fingerprint density at radius 3 is 2.43 bits per heavy atom. The van der Waals surface area contributed by atoms with Crippen LogP contribution < -0.4 is 9.46 Å². The van der Waals surface area contributed by atoms with Crippen LogP contribution in [0, 0.1) is 17.0 Å². The highest BCUT2D eigenvalue weighted by molar-refractivity contribution is 7.92. The minimum atomic E-state index is -3.88. The fraction of sp³-hybridized carbons (Fsp3) is 0.143. The number of hydrogen-bond acceptors (Lipinski definition) is 5. The van der Waals surface area contributed by atoms with Crippen molar-refractivity contribution in [3.8, 4) is 5.75 Å². The summed E-state index contributed by atoms with van der Waals surface area (Å²) in [7, 11) is -2.45. The van der Waals surface area contributed by atoms with E-state index in [-0.39, 0.29) is 21.3 Å². The third-order valence-corrected chi connectivity index (χ3v) is 4.76. The lowest BCUT2D eigenvalue weighted by molar-refractivity contribution is -0.384. The number of rotatable bonds is 5. The number of hydrogen-bond donors (Lipinski definition) is 1. The molecule has 7 nitrogen and oxygen atoms in total. The van der Waals surface area contributed by atoms with Crippen molar-refractivity contribution < 1.29 is 18.1 Å². The molecule has 0 aromatic heterocycles. The Morgan fingerprint density at radius 1 is 1.22 bits per heavy atom. The lowest BCUT2D eigenvalue weighted by Crippen LogP contribution is -2.14. The number of benzene rings is 2. The second-order valence-corrected chi connectivity index (χ2v) is 6.75. The summed E-state index contributed by atoms with van der Waals surface area (Å²) in [4.78, 5) is 10.1. The fourth-order valence-corrected chi connectivity index (χ4v) is 3.37. The Balaban J connectivity index is 2.35. The lowest BCUT2D eigenvalue weighted by atomic mass is 10.2. The topological polar surface area (TPSA) is 98.5 Å². The maximum absolute atomic E-state index is 12.4. The number of sulfonamides is 1. The molecule has 0 spiro atoms. The maximum atomic E-state index is 12.4. The van der Waals surface area contributed by atoms with Crippen molar-refractivity contribution in [2.45, 2.75) is 11.8 Å². The van der Waals surface area contributed by atoms with Crippen LogP contribution >= 0.6 is 11.6 Å². The van der Waals surface area contributed by atoms with Gasteiger partial charge in [-0.2, -0.15) is 0 Å². The van der Waals surface area contributed by atoms with E-state index in [1.54, 1.807) is 6.92 Å². The van der Waals surface area contributed by atoms with Crippen LogP contribution in [0.25, 0.3) is 0 Å². The van der Waals surface area contributed by atoms with E-state index in [9.17, 15) is 18.5 Å². The van der Waals surface area contributed by atoms with Gasteiger partial charge in [0.05, 0.1) is 27.6 Å². The SMILES string of the molecule is COc1ccc(S(=O)(=O)Nc2ccc([N+](=O)[O-])cc2C)cc1Cl. The summed E-state index contributed by atoms with van der Waals surface area (Å²) >= 11 is 5.93. The Bertz CT molecular complexity index is 867. The molecule has 0 saturated carbocycles. The van der Waals surface area contributed by atoms with Gasteiger partial charge in [0.15, 0.2) is 0 Å². The number of nitro benzene ring substituents is 1. The van der Waals surface area contributed by atoms with E-state index in [4.69, 9.17) is 16.3 Å². The fourth-order valence-electron chi connectivity index (χ4n) is 1.89. The van der Waals surface area contributed by atoms with Crippen LogP contribution in [-0.4, -0.2) is 20.5 Å². The van der Waals surface area contributed by atoms with Crippen LogP contribution in [0.3, 0.4) is 0 Å². The van der Waals surface area contributed by atoms with Crippen LogP contribution in [0.5, 0.6) is 5.75 Å². The van der Waals surface area contributed by atoms with E-state index in [0.717, 1.165) is 0 Å². The molecule has 23 heavy (non-hydrogen) atoms. The Kier molecular flexibility index (Phi) is 4.76. The number of ether oxygens (including phenoxy) is 1. The van der Waals surface area contributed by atoms with Gasteiger partial charge in [0.2, 0.25) is 0 Å². The summed E-state index contributed by atoms with van der Waals surface area (Å²) in [6.07, 6.45) is 0. The number of nitrogens with zero attached hydrogens (tertiary/aromatic N) is 1. The monoisotopic (exact) mass is 356 g/mol. The highest BCUT2D eigenvalue weighted by Crippen LogP contribution is 2.29. The molecule has 0 fully saturated rings. The highest BCUT2D eigenvalue weighted by Gasteiger charge is 2.18. The third kappa shape index (κ3) is 3.72. The van der Waals surface area contributed by atoms with Crippen molar-refractivity contribution in [3.63, 3.8) is 0 Å². The zero-order valence-electron chi connectivity index (χ0n) is 12.2. The van der Waals surface area contributed by atoms with E-state index >= 15 is 0 Å². The van der Waals surface area contributed by atoms with E-state index in [1.807, 2.05) is 0 Å². The minimum absolute atomic E-state index is 0.0407. The third-order valence-electron chi connectivity index (χ3n) is 3.10. The molecular formula is C14H13ClN2O5S. The van der Waals surface area contributed by atoms with Gasteiger partial charge in [0.1, 0.15) is 5.75 Å². The second kappa shape index (κ2) is 6.43. The summed E-state index contributed by atoms with van der Waals surface area (Å²) in [5.41, 5.74) is 0.572. The Hall–Kier alpha value is -2.32. The van der Waals surface area contributed by atoms with E-state index < -0.39 is 14.9 Å². The van der Waals surface area contributed by atoms with Crippen LogP contribution in [0.2, 0.25) is 5.02 Å². The molecule has 0 aliphatic rings. The first kappa shape index (κ1) is 17.0. The molecule has 2 rings (SSSR count). The molecule has 1 N–H and O–H groups in total. The average Bonchev–Trinajstić information content (AvgIpc) is 2.48. The highest BCUT2D eigenvalue weighted by atomic mass is 35.5. The molecule has 2 aromatic rings. The summed E-state index contributed by atoms with van der Waals surface area (Å²) < 4.78 is 32.1. The number of non-ortho nitro benzene ring substituents is 1. The lowest BCUT2D eigenvalue weighted by Gasteiger charge is -2.11. The van der Waals surface area contributed by atoms with E-state index in [1.165, 1.54) is 43.5 Å². The summed E-state index contributed by atoms with van der Waals surface area (Å²) in [5, 5.41) is 10.9. The number of nitro groups is 1. The van der Waals surface area contributed by atoms with Crippen molar-refractivity contribution in [2.75, 3.05) is 11.8 Å². The first-order chi connectivity index (χ1) is 10.7. The molecule has 0 heterocycles. The van der Waals surface area contributed by atoms with Crippen LogP contribution in [0.4, 0.5) is 11.4 Å². The molecule has 0 radical (unpaired) electrons. The van der Waals surface area contributed by atoms with Crippen molar-refractivity contribution in [3.05, 3.63) is 57.1 Å². The summed E-state index contributed by atoms with van der Waals surface area (Å²) in [6, 6.07) is 7.93. The van der Waals surface area contributed by atoms with Crippen molar-refractivity contribution in [1.82, 2.24) is 0 Å². The smallest absolute Gasteiger partial charge is 0.269 e. The van der Waals surface area contributed by atoms with Gasteiger partial charge in [0.25, 0.3) is 15.7 Å². The molecule has 0 aliphatic carbocycles. The summed E-state index contributed by atoms with van der Waals surface area (Å²) in [5.74, 6) is 0.358. The molecule has 2 aromatic carbocycles. The predicted octanol–water partition coefficient (Wildman–Crippen LogP) is 3.37. The molecule has 0 saturated heterocycles. The number of aryl methyl sites for hydroxylation is 1. The van der Waals surface area contributed by atoms with E-state index in [0.29, 0.717) is 11.3 Å². The van der Waals surface area contributed by atoms with Crippen molar-refractivity contribution in [2.24, 2.45) is 0 Å². The van der Waals surface area contributed by atoms with Gasteiger partial charge >= 0.3 is 0 Å². The molecule has 122 valence electrons. The molecule has 0 amide bonds. The van der Waals surface area contributed by atoms with E-state index in [2.05, 4.69) is 4.72 Å². The maximum Gasteiger partial charge on any atom is 0.269 e. The number of methoxy groups -OCH3 is 1. The van der Waals surface area contributed by atoms with Gasteiger partial charge in [-0.1, -0.05) is 11.6 Å². The van der Waals surface area contributed by atoms with Gasteiger partial charge in [-0.3, -0.25) is 14.8 Å². The van der Waals surface area contributed by atoms with Gasteiger partial charge < -0.3 is 4.74 Å². The molecular weight excluding hydrogens is 344 g/mol. The first-order valence-corrected chi connectivity index (χ1v) is 8.22. The Morgan fingerprint density at radius 2 is 1.91 bits per heavy atom. The zero-order chi connectivity index (χ0) is 17.2. The summed E-state index contributed by atoms with van der Waals surface area (Å²) in [6.45, 7) is 1.58. The number of nitrogens with one attached hydrogen (secondary N) is 1. The van der Waals surface area contributed by atoms with Gasteiger partial charge in [0, 0.05) is 12.1 Å². The van der Waals surface area contributed by atoms with Crippen LogP contribution in [-0.2, 0) is 10.0 Å². The van der Waals surface area contributed by atoms with Crippen LogP contribution in [0.1, 0.15) is 5.56 Å². The molecule has 0 aliphatic heterocycles. The van der Waals surface area contributed by atoms with Gasteiger partial charge in [-0.15, -0.1) is 0 Å². The number of halogens is 1. The predicted molar refractivity (Wildman–Crippen MR) is 86.6 cm³/mol. The Labute approximate surface area is 138 Å².